The second-order valence-corrected chi connectivity index (χ2v) is 6.16. The number of hydrogen-bond acceptors (Lipinski definition) is 6. The van der Waals surface area contributed by atoms with Gasteiger partial charge in [-0.15, -0.1) is 0 Å². The minimum atomic E-state index is -0.200. The first-order valence-corrected chi connectivity index (χ1v) is 8.48. The van der Waals surface area contributed by atoms with E-state index in [0.717, 1.165) is 31.2 Å². The number of carbonyl (C=O) groups excluding carboxylic acids is 1. The number of anilines is 1. The summed E-state index contributed by atoms with van der Waals surface area (Å²) in [5, 5.41) is 7.01. The molecule has 8 nitrogen and oxygen atoms in total. The summed E-state index contributed by atoms with van der Waals surface area (Å²) in [7, 11) is 1.57. The number of methoxy groups -OCH3 is 1. The SMILES string of the molecule is COCc1nc(C2CCCCCN2C(=O)Nc2cnccc2C)no1. The van der Waals surface area contributed by atoms with E-state index < -0.39 is 0 Å². The van der Waals surface area contributed by atoms with Crippen LogP contribution in [-0.2, 0) is 11.3 Å². The Kier molecular flexibility index (Phi) is 5.60. The van der Waals surface area contributed by atoms with Gasteiger partial charge in [-0.2, -0.15) is 4.98 Å². The number of ether oxygens (including phenoxy) is 1. The van der Waals surface area contributed by atoms with Crippen molar-refractivity contribution in [2.24, 2.45) is 0 Å². The van der Waals surface area contributed by atoms with E-state index in [-0.39, 0.29) is 18.7 Å². The lowest BCUT2D eigenvalue weighted by Gasteiger charge is -2.28. The van der Waals surface area contributed by atoms with Crippen molar-refractivity contribution < 1.29 is 14.1 Å². The Labute approximate surface area is 146 Å². The van der Waals surface area contributed by atoms with Crippen LogP contribution < -0.4 is 5.32 Å². The van der Waals surface area contributed by atoms with Crippen LogP contribution in [0.1, 0.15) is 49.0 Å². The highest BCUT2D eigenvalue weighted by Crippen LogP contribution is 2.29. The number of nitrogens with one attached hydrogen (secondary N) is 1. The number of carbonyl (C=O) groups is 1. The monoisotopic (exact) mass is 345 g/mol. The van der Waals surface area contributed by atoms with Crippen molar-refractivity contribution in [3.05, 3.63) is 35.7 Å². The van der Waals surface area contributed by atoms with Crippen molar-refractivity contribution in [2.45, 2.75) is 45.3 Å². The van der Waals surface area contributed by atoms with Crippen LogP contribution in [0.3, 0.4) is 0 Å². The zero-order valence-electron chi connectivity index (χ0n) is 14.6. The van der Waals surface area contributed by atoms with Crippen LogP contribution >= 0.6 is 0 Å². The third kappa shape index (κ3) is 4.14. The molecule has 0 spiro atoms. The summed E-state index contributed by atoms with van der Waals surface area (Å²) in [6.07, 6.45) is 7.23. The molecular weight excluding hydrogens is 322 g/mol. The third-order valence-corrected chi connectivity index (χ3v) is 4.34. The van der Waals surface area contributed by atoms with E-state index in [1.54, 1.807) is 24.4 Å². The molecule has 1 unspecified atom stereocenters. The molecule has 0 aromatic carbocycles. The topological polar surface area (TPSA) is 93.4 Å². The first-order chi connectivity index (χ1) is 12.2. The molecule has 0 radical (unpaired) electrons. The fourth-order valence-corrected chi connectivity index (χ4v) is 2.99. The first kappa shape index (κ1) is 17.3. The van der Waals surface area contributed by atoms with E-state index in [1.165, 1.54) is 0 Å². The zero-order valence-corrected chi connectivity index (χ0v) is 14.6. The van der Waals surface area contributed by atoms with Crippen LogP contribution in [0.5, 0.6) is 0 Å². The van der Waals surface area contributed by atoms with Crippen LogP contribution in [-0.4, -0.2) is 39.7 Å². The van der Waals surface area contributed by atoms with Crippen molar-refractivity contribution in [3.63, 3.8) is 0 Å². The van der Waals surface area contributed by atoms with Gasteiger partial charge in [0.1, 0.15) is 6.61 Å². The molecule has 134 valence electrons. The standard InChI is InChI=1S/C17H23N5O3/c1-12-7-8-18-10-13(12)19-17(23)22-9-5-3-4-6-14(22)16-20-15(11-24-2)25-21-16/h7-8,10,14H,3-6,9,11H2,1-2H3,(H,19,23). The Bertz CT molecular complexity index is 718. The molecule has 2 amide bonds. The Balaban J connectivity index is 1.79. The number of pyridine rings is 1. The zero-order chi connectivity index (χ0) is 17.6. The van der Waals surface area contributed by atoms with Gasteiger partial charge < -0.3 is 19.5 Å². The van der Waals surface area contributed by atoms with E-state index in [9.17, 15) is 4.79 Å². The van der Waals surface area contributed by atoms with Crippen LogP contribution in [0, 0.1) is 6.92 Å². The van der Waals surface area contributed by atoms with E-state index >= 15 is 0 Å². The largest absolute Gasteiger partial charge is 0.375 e. The molecule has 3 rings (SSSR count). The normalized spacial score (nSPS) is 18.0. The molecule has 8 heteroatoms. The van der Waals surface area contributed by atoms with Crippen molar-refractivity contribution in [1.82, 2.24) is 20.0 Å². The highest BCUT2D eigenvalue weighted by molar-refractivity contribution is 5.90. The smallest absolute Gasteiger partial charge is 0.322 e. The summed E-state index contributed by atoms with van der Waals surface area (Å²) in [6, 6.07) is 1.50. The van der Waals surface area contributed by atoms with Gasteiger partial charge in [0.05, 0.1) is 17.9 Å². The Morgan fingerprint density at radius 2 is 2.32 bits per heavy atom. The predicted molar refractivity (Wildman–Crippen MR) is 90.9 cm³/mol. The molecule has 1 N–H and O–H groups in total. The fourth-order valence-electron chi connectivity index (χ4n) is 2.99. The molecule has 0 saturated carbocycles. The van der Waals surface area contributed by atoms with Gasteiger partial charge >= 0.3 is 6.03 Å². The molecule has 1 fully saturated rings. The van der Waals surface area contributed by atoms with Crippen LogP contribution in [0.4, 0.5) is 10.5 Å². The maximum Gasteiger partial charge on any atom is 0.322 e. The van der Waals surface area contributed by atoms with Crippen LogP contribution in [0.25, 0.3) is 0 Å². The minimum absolute atomic E-state index is 0.166. The van der Waals surface area contributed by atoms with Crippen molar-refractivity contribution in [2.75, 3.05) is 19.0 Å². The molecular formula is C17H23N5O3. The summed E-state index contributed by atoms with van der Waals surface area (Å²) < 4.78 is 10.2. The molecule has 25 heavy (non-hydrogen) atoms. The van der Waals surface area contributed by atoms with Gasteiger partial charge in [-0.05, 0) is 31.4 Å². The Morgan fingerprint density at radius 1 is 1.44 bits per heavy atom. The number of aryl methyl sites for hydroxylation is 1. The van der Waals surface area contributed by atoms with E-state index in [2.05, 4.69) is 20.4 Å². The van der Waals surface area contributed by atoms with Gasteiger partial charge in [0.15, 0.2) is 5.82 Å². The maximum absolute atomic E-state index is 12.9. The molecule has 2 aromatic rings. The lowest BCUT2D eigenvalue weighted by Crippen LogP contribution is -2.38. The second kappa shape index (κ2) is 8.06. The average molecular weight is 345 g/mol. The van der Waals surface area contributed by atoms with Crippen LogP contribution in [0.15, 0.2) is 23.0 Å². The van der Waals surface area contributed by atoms with E-state index in [0.29, 0.717) is 23.9 Å². The average Bonchev–Trinajstić information content (AvgIpc) is 2.92. The molecule has 0 bridgehead atoms. The number of nitrogens with zero attached hydrogens (tertiary/aromatic N) is 4. The van der Waals surface area contributed by atoms with Gasteiger partial charge in [0.2, 0.25) is 0 Å². The van der Waals surface area contributed by atoms with Gasteiger partial charge in [0, 0.05) is 19.9 Å². The van der Waals surface area contributed by atoms with Crippen molar-refractivity contribution in [1.29, 1.82) is 0 Å². The van der Waals surface area contributed by atoms with Crippen molar-refractivity contribution in [3.8, 4) is 0 Å². The fraction of sp³-hybridized carbons (Fsp3) is 0.529. The molecule has 2 aromatic heterocycles. The molecule has 1 saturated heterocycles. The number of hydrogen-bond donors (Lipinski definition) is 1. The number of urea groups is 1. The maximum atomic E-state index is 12.9. The lowest BCUT2D eigenvalue weighted by molar-refractivity contribution is 0.151. The second-order valence-electron chi connectivity index (χ2n) is 6.16. The summed E-state index contributed by atoms with van der Waals surface area (Å²) in [4.78, 5) is 23.1. The van der Waals surface area contributed by atoms with Gasteiger partial charge in [0.25, 0.3) is 5.89 Å². The number of amides is 2. The molecule has 1 atom stereocenters. The minimum Gasteiger partial charge on any atom is -0.375 e. The summed E-state index contributed by atoms with van der Waals surface area (Å²) >= 11 is 0. The molecule has 1 aliphatic rings. The number of rotatable bonds is 4. The highest BCUT2D eigenvalue weighted by Gasteiger charge is 2.30. The van der Waals surface area contributed by atoms with Gasteiger partial charge in [-0.3, -0.25) is 4.98 Å². The Morgan fingerprint density at radius 3 is 3.12 bits per heavy atom. The summed E-state index contributed by atoms with van der Waals surface area (Å²) in [5.74, 6) is 0.956. The number of likely N-dealkylation sites (tertiary alicyclic amines) is 1. The molecule has 1 aliphatic heterocycles. The Hall–Kier alpha value is -2.48. The molecule has 0 aliphatic carbocycles. The number of aromatic nitrogens is 3. The quantitative estimate of drug-likeness (QED) is 0.915. The lowest BCUT2D eigenvalue weighted by atomic mass is 10.1. The third-order valence-electron chi connectivity index (χ3n) is 4.34. The summed E-state index contributed by atoms with van der Waals surface area (Å²) in [5.41, 5.74) is 1.68. The van der Waals surface area contributed by atoms with Crippen LogP contribution in [0.2, 0.25) is 0 Å². The van der Waals surface area contributed by atoms with Crippen molar-refractivity contribution >= 4 is 11.7 Å². The summed E-state index contributed by atoms with van der Waals surface area (Å²) in [6.45, 7) is 2.86. The van der Waals surface area contributed by atoms with E-state index in [1.807, 2.05) is 13.0 Å². The predicted octanol–water partition coefficient (Wildman–Crippen LogP) is 3.07. The first-order valence-electron chi connectivity index (χ1n) is 8.48. The highest BCUT2D eigenvalue weighted by atomic mass is 16.5. The van der Waals surface area contributed by atoms with E-state index in [4.69, 9.17) is 9.26 Å². The molecule has 3 heterocycles. The van der Waals surface area contributed by atoms with Gasteiger partial charge in [-0.25, -0.2) is 4.79 Å². The van der Waals surface area contributed by atoms with Gasteiger partial charge in [-0.1, -0.05) is 18.0 Å².